The second-order valence-corrected chi connectivity index (χ2v) is 5.83. The van der Waals surface area contributed by atoms with Crippen molar-refractivity contribution in [2.75, 3.05) is 17.2 Å². The Labute approximate surface area is 102 Å². The molecule has 3 nitrogen and oxygen atoms in total. The summed E-state index contributed by atoms with van der Waals surface area (Å²) in [6.07, 6.45) is 2.19. The van der Waals surface area contributed by atoms with E-state index in [1.54, 1.807) is 0 Å². The molecule has 0 radical (unpaired) electrons. The molecule has 0 bridgehead atoms. The van der Waals surface area contributed by atoms with Gasteiger partial charge in [0.05, 0.1) is 5.69 Å². The molecule has 1 aromatic rings. The molecule has 0 aliphatic carbocycles. The fourth-order valence-corrected chi connectivity index (χ4v) is 3.62. The first-order valence-corrected chi connectivity index (χ1v) is 7.24. The number of nitrogens with two attached hydrogens (primary N) is 1. The van der Waals surface area contributed by atoms with Crippen LogP contribution in [0.3, 0.4) is 0 Å². The van der Waals surface area contributed by atoms with Crippen molar-refractivity contribution < 1.29 is 0 Å². The van der Waals surface area contributed by atoms with Gasteiger partial charge in [0.25, 0.3) is 0 Å². The van der Waals surface area contributed by atoms with E-state index < -0.39 is 0 Å². The molecule has 1 fully saturated rings. The van der Waals surface area contributed by atoms with Gasteiger partial charge in [-0.3, -0.25) is 0 Å². The topological polar surface area (TPSA) is 43.8 Å². The number of imidazole rings is 1. The molecular weight excluding hydrogens is 218 g/mol. The van der Waals surface area contributed by atoms with Gasteiger partial charge in [-0.2, -0.15) is 11.8 Å². The van der Waals surface area contributed by atoms with Crippen molar-refractivity contribution in [3.8, 4) is 0 Å². The van der Waals surface area contributed by atoms with Crippen LogP contribution in [0.1, 0.15) is 50.7 Å². The van der Waals surface area contributed by atoms with Gasteiger partial charge in [-0.25, -0.2) is 4.98 Å². The van der Waals surface area contributed by atoms with Crippen LogP contribution in [0.25, 0.3) is 0 Å². The Balaban J connectivity index is 2.39. The van der Waals surface area contributed by atoms with Crippen molar-refractivity contribution in [2.45, 2.75) is 45.6 Å². The quantitative estimate of drug-likeness (QED) is 0.882. The predicted molar refractivity (Wildman–Crippen MR) is 71.1 cm³/mol. The third-order valence-electron chi connectivity index (χ3n) is 3.20. The van der Waals surface area contributed by atoms with Crippen LogP contribution in [0.5, 0.6) is 0 Å². The Kier molecular flexibility index (Phi) is 3.47. The second kappa shape index (κ2) is 4.70. The molecule has 2 heterocycles. The minimum absolute atomic E-state index is 0.408. The minimum Gasteiger partial charge on any atom is -0.384 e. The summed E-state index contributed by atoms with van der Waals surface area (Å²) < 4.78 is 2.19. The predicted octanol–water partition coefficient (Wildman–Crippen LogP) is 2.83. The Bertz CT molecular complexity index is 365. The maximum atomic E-state index is 6.25. The lowest BCUT2D eigenvalue weighted by molar-refractivity contribution is 0.579. The van der Waals surface area contributed by atoms with Gasteiger partial charge in [-0.15, -0.1) is 0 Å². The van der Waals surface area contributed by atoms with E-state index in [1.807, 2.05) is 11.8 Å². The SMILES string of the molecule is CCc1nc(C2CCSC2)c(N)n1C(C)C. The van der Waals surface area contributed by atoms with Crippen LogP contribution in [-0.2, 0) is 6.42 Å². The summed E-state index contributed by atoms with van der Waals surface area (Å²) in [5.74, 6) is 5.05. The fourth-order valence-electron chi connectivity index (χ4n) is 2.39. The molecular formula is C12H21N3S. The van der Waals surface area contributed by atoms with Crippen LogP contribution >= 0.6 is 11.8 Å². The molecule has 0 aromatic carbocycles. The third-order valence-corrected chi connectivity index (χ3v) is 4.36. The van der Waals surface area contributed by atoms with Crippen LogP contribution in [0.4, 0.5) is 5.82 Å². The highest BCUT2D eigenvalue weighted by atomic mass is 32.2. The zero-order chi connectivity index (χ0) is 11.7. The summed E-state index contributed by atoms with van der Waals surface area (Å²) >= 11 is 2.01. The zero-order valence-electron chi connectivity index (χ0n) is 10.4. The van der Waals surface area contributed by atoms with Gasteiger partial charge in [0.15, 0.2) is 0 Å². The summed E-state index contributed by atoms with van der Waals surface area (Å²) in [7, 11) is 0. The van der Waals surface area contributed by atoms with Gasteiger partial charge in [-0.1, -0.05) is 6.92 Å². The maximum Gasteiger partial charge on any atom is 0.127 e. The average Bonchev–Trinajstić information content (AvgIpc) is 2.83. The molecule has 90 valence electrons. The summed E-state index contributed by atoms with van der Waals surface area (Å²) in [4.78, 5) is 4.76. The molecule has 0 spiro atoms. The van der Waals surface area contributed by atoms with Gasteiger partial charge < -0.3 is 10.3 Å². The molecule has 1 aliphatic heterocycles. The normalized spacial score (nSPS) is 20.9. The van der Waals surface area contributed by atoms with Crippen LogP contribution in [0, 0.1) is 0 Å². The van der Waals surface area contributed by atoms with Gasteiger partial charge in [-0.05, 0) is 26.0 Å². The number of hydrogen-bond acceptors (Lipinski definition) is 3. The first-order chi connectivity index (χ1) is 7.65. The molecule has 1 atom stereocenters. The van der Waals surface area contributed by atoms with E-state index in [0.29, 0.717) is 12.0 Å². The number of nitrogens with zero attached hydrogens (tertiary/aromatic N) is 2. The van der Waals surface area contributed by atoms with E-state index in [9.17, 15) is 0 Å². The van der Waals surface area contributed by atoms with E-state index in [0.717, 1.165) is 23.8 Å². The number of nitrogen functional groups attached to an aromatic ring is 1. The zero-order valence-corrected chi connectivity index (χ0v) is 11.2. The van der Waals surface area contributed by atoms with E-state index in [-0.39, 0.29) is 0 Å². The number of hydrogen-bond donors (Lipinski definition) is 1. The second-order valence-electron chi connectivity index (χ2n) is 4.68. The highest BCUT2D eigenvalue weighted by Gasteiger charge is 2.25. The number of aromatic nitrogens is 2. The molecule has 1 saturated heterocycles. The Morgan fingerprint density at radius 2 is 2.31 bits per heavy atom. The number of aryl methyl sites for hydroxylation is 1. The highest BCUT2D eigenvalue weighted by molar-refractivity contribution is 7.99. The summed E-state index contributed by atoms with van der Waals surface area (Å²) in [6.45, 7) is 6.49. The molecule has 4 heteroatoms. The van der Waals surface area contributed by atoms with Crippen LogP contribution in [0.2, 0.25) is 0 Å². The standard InChI is InChI=1S/C12H21N3S/c1-4-10-14-11(9-5-6-16-7-9)12(13)15(10)8(2)3/h8-9H,4-7,13H2,1-3H3. The smallest absolute Gasteiger partial charge is 0.127 e. The molecule has 1 aromatic heterocycles. The molecule has 2 rings (SSSR count). The van der Waals surface area contributed by atoms with Crippen molar-refractivity contribution in [3.05, 3.63) is 11.5 Å². The average molecular weight is 239 g/mol. The molecule has 1 unspecified atom stereocenters. The van der Waals surface area contributed by atoms with Crippen LogP contribution in [-0.4, -0.2) is 21.1 Å². The minimum atomic E-state index is 0.408. The highest BCUT2D eigenvalue weighted by Crippen LogP contribution is 2.36. The molecule has 0 saturated carbocycles. The Hall–Kier alpha value is -0.640. The van der Waals surface area contributed by atoms with Crippen molar-refractivity contribution >= 4 is 17.6 Å². The lowest BCUT2D eigenvalue weighted by atomic mass is 10.1. The van der Waals surface area contributed by atoms with Crippen LogP contribution in [0.15, 0.2) is 0 Å². The lowest BCUT2D eigenvalue weighted by Gasteiger charge is -2.13. The monoisotopic (exact) mass is 239 g/mol. The van der Waals surface area contributed by atoms with Crippen molar-refractivity contribution in [1.29, 1.82) is 0 Å². The largest absolute Gasteiger partial charge is 0.384 e. The first-order valence-electron chi connectivity index (χ1n) is 6.09. The van der Waals surface area contributed by atoms with Gasteiger partial charge >= 0.3 is 0 Å². The van der Waals surface area contributed by atoms with Gasteiger partial charge in [0.2, 0.25) is 0 Å². The van der Waals surface area contributed by atoms with Gasteiger partial charge in [0, 0.05) is 24.1 Å². The van der Waals surface area contributed by atoms with E-state index in [1.165, 1.54) is 17.9 Å². The van der Waals surface area contributed by atoms with Crippen LogP contribution < -0.4 is 5.73 Å². The van der Waals surface area contributed by atoms with Gasteiger partial charge in [0.1, 0.15) is 11.6 Å². The lowest BCUT2D eigenvalue weighted by Crippen LogP contribution is -2.10. The molecule has 16 heavy (non-hydrogen) atoms. The van der Waals surface area contributed by atoms with Crippen molar-refractivity contribution in [2.24, 2.45) is 0 Å². The fraction of sp³-hybridized carbons (Fsp3) is 0.750. The summed E-state index contributed by atoms with van der Waals surface area (Å²) in [5.41, 5.74) is 7.40. The van der Waals surface area contributed by atoms with Crippen molar-refractivity contribution in [1.82, 2.24) is 9.55 Å². The third kappa shape index (κ3) is 1.95. The number of anilines is 1. The first kappa shape index (κ1) is 11.8. The molecule has 2 N–H and O–H groups in total. The Morgan fingerprint density at radius 3 is 2.75 bits per heavy atom. The van der Waals surface area contributed by atoms with E-state index >= 15 is 0 Å². The maximum absolute atomic E-state index is 6.25. The summed E-state index contributed by atoms with van der Waals surface area (Å²) in [5, 5.41) is 0. The molecule has 1 aliphatic rings. The summed E-state index contributed by atoms with van der Waals surface area (Å²) in [6, 6.07) is 0.408. The van der Waals surface area contributed by atoms with E-state index in [2.05, 4.69) is 25.3 Å². The molecule has 0 amide bonds. The Morgan fingerprint density at radius 1 is 1.56 bits per heavy atom. The number of thioether (sulfide) groups is 1. The van der Waals surface area contributed by atoms with Crippen molar-refractivity contribution in [3.63, 3.8) is 0 Å². The number of rotatable bonds is 3. The van der Waals surface area contributed by atoms with E-state index in [4.69, 9.17) is 10.7 Å².